The number of fused-ring (bicyclic) bond motifs is 3. The number of carbonyl (C=O) groups excluding carboxylic acids is 1. The van der Waals surface area contributed by atoms with E-state index in [9.17, 15) is 18.0 Å². The first kappa shape index (κ1) is 28.2. The molecular weight excluding hydrogens is 499 g/mol. The van der Waals surface area contributed by atoms with Crippen molar-refractivity contribution in [1.82, 2.24) is 4.90 Å². The Morgan fingerprint density at radius 2 is 1.71 bits per heavy atom. The van der Waals surface area contributed by atoms with Gasteiger partial charge in [0, 0.05) is 44.1 Å². The Kier molecular flexibility index (Phi) is 8.28. The van der Waals surface area contributed by atoms with E-state index in [4.69, 9.17) is 18.9 Å². The van der Waals surface area contributed by atoms with E-state index in [1.54, 1.807) is 20.3 Å². The molecule has 0 aliphatic carbocycles. The maximum absolute atomic E-state index is 14.5. The summed E-state index contributed by atoms with van der Waals surface area (Å²) < 4.78 is 65.4. The van der Waals surface area contributed by atoms with Gasteiger partial charge in [0.25, 0.3) is 5.60 Å². The molecule has 208 valence electrons. The standard InChI is InChI=1S/C29H36F3NO5/c1-18(2)13-20-17-33-12-11-19-14-25(35-3)26(36-4)15-22(19)23(33)16-24(20)38-27(34)28(37-5,29(30,31)32)21-9-7-6-8-10-21/h6-10,14-15,18,20,23-24H,11-13,16-17H2,1-5H3/t20-,23+,24-,28-/m1/s1. The molecule has 4 rings (SSSR count). The van der Waals surface area contributed by atoms with Gasteiger partial charge in [0.05, 0.1) is 14.2 Å². The van der Waals surface area contributed by atoms with E-state index in [-0.39, 0.29) is 23.4 Å². The lowest BCUT2D eigenvalue weighted by Gasteiger charge is -2.47. The van der Waals surface area contributed by atoms with E-state index < -0.39 is 23.9 Å². The Balaban J connectivity index is 1.70. The lowest BCUT2D eigenvalue weighted by Crippen LogP contribution is -2.55. The third-order valence-corrected chi connectivity index (χ3v) is 7.77. The largest absolute Gasteiger partial charge is 0.493 e. The molecule has 1 saturated heterocycles. The van der Waals surface area contributed by atoms with Crippen molar-refractivity contribution < 1.29 is 36.9 Å². The molecular formula is C29H36F3NO5. The number of alkyl halides is 3. The Morgan fingerprint density at radius 1 is 1.05 bits per heavy atom. The van der Waals surface area contributed by atoms with Crippen molar-refractivity contribution >= 4 is 5.97 Å². The van der Waals surface area contributed by atoms with Gasteiger partial charge in [-0.25, -0.2) is 4.79 Å². The van der Waals surface area contributed by atoms with Crippen LogP contribution in [0.2, 0.25) is 0 Å². The summed E-state index contributed by atoms with van der Waals surface area (Å²) >= 11 is 0. The first-order chi connectivity index (χ1) is 18.0. The first-order valence-corrected chi connectivity index (χ1v) is 12.9. The van der Waals surface area contributed by atoms with E-state index in [2.05, 4.69) is 18.7 Å². The summed E-state index contributed by atoms with van der Waals surface area (Å²) in [4.78, 5) is 15.9. The number of halogens is 3. The summed E-state index contributed by atoms with van der Waals surface area (Å²) in [5, 5.41) is 0. The lowest BCUT2D eigenvalue weighted by atomic mass is 9.79. The van der Waals surface area contributed by atoms with Crippen LogP contribution >= 0.6 is 0 Å². The number of hydrogen-bond acceptors (Lipinski definition) is 6. The van der Waals surface area contributed by atoms with Gasteiger partial charge in [0.15, 0.2) is 11.5 Å². The van der Waals surface area contributed by atoms with Crippen molar-refractivity contribution in [3.05, 3.63) is 59.2 Å². The molecule has 0 saturated carbocycles. The van der Waals surface area contributed by atoms with Gasteiger partial charge in [0.1, 0.15) is 6.10 Å². The predicted molar refractivity (Wildman–Crippen MR) is 136 cm³/mol. The number of esters is 1. The van der Waals surface area contributed by atoms with Crippen LogP contribution in [0, 0.1) is 11.8 Å². The minimum atomic E-state index is -5.02. The van der Waals surface area contributed by atoms with Crippen LogP contribution in [0.3, 0.4) is 0 Å². The molecule has 2 aliphatic rings. The Morgan fingerprint density at radius 3 is 2.29 bits per heavy atom. The molecule has 0 aromatic heterocycles. The number of piperidine rings is 1. The summed E-state index contributed by atoms with van der Waals surface area (Å²) in [6, 6.07) is 10.7. The zero-order valence-corrected chi connectivity index (χ0v) is 22.5. The average Bonchev–Trinajstić information content (AvgIpc) is 2.88. The van der Waals surface area contributed by atoms with Crippen molar-refractivity contribution in [2.24, 2.45) is 11.8 Å². The second-order valence-corrected chi connectivity index (χ2v) is 10.5. The minimum absolute atomic E-state index is 0.115. The summed E-state index contributed by atoms with van der Waals surface area (Å²) in [6.45, 7) is 5.54. The Bertz CT molecular complexity index is 1120. The topological polar surface area (TPSA) is 57.2 Å². The zero-order valence-electron chi connectivity index (χ0n) is 22.5. The highest BCUT2D eigenvalue weighted by Gasteiger charge is 2.64. The van der Waals surface area contributed by atoms with Gasteiger partial charge in [-0.3, -0.25) is 4.90 Å². The molecule has 0 unspecified atom stereocenters. The fraction of sp³-hybridized carbons (Fsp3) is 0.552. The van der Waals surface area contributed by atoms with E-state index in [0.29, 0.717) is 24.5 Å². The van der Waals surface area contributed by atoms with Crippen LogP contribution in [0.25, 0.3) is 0 Å². The molecule has 1 fully saturated rings. The molecule has 0 bridgehead atoms. The third kappa shape index (κ3) is 5.10. The van der Waals surface area contributed by atoms with Crippen LogP contribution in [-0.2, 0) is 26.3 Å². The second-order valence-electron chi connectivity index (χ2n) is 10.5. The molecule has 0 N–H and O–H groups in total. The maximum Gasteiger partial charge on any atom is 0.432 e. The summed E-state index contributed by atoms with van der Waals surface area (Å²) in [5.41, 5.74) is -1.40. The van der Waals surface area contributed by atoms with Gasteiger partial charge in [0.2, 0.25) is 0 Å². The molecule has 6 nitrogen and oxygen atoms in total. The Hall–Kier alpha value is -2.78. The van der Waals surface area contributed by atoms with Crippen LogP contribution in [0.1, 0.15) is 49.4 Å². The van der Waals surface area contributed by atoms with Gasteiger partial charge in [-0.15, -0.1) is 0 Å². The van der Waals surface area contributed by atoms with Crippen LogP contribution in [-0.4, -0.2) is 57.6 Å². The van der Waals surface area contributed by atoms with E-state index in [1.807, 2.05) is 12.1 Å². The van der Waals surface area contributed by atoms with Gasteiger partial charge in [-0.05, 0) is 42.0 Å². The molecule has 2 aliphatic heterocycles. The quantitative estimate of drug-likeness (QED) is 0.405. The van der Waals surface area contributed by atoms with Crippen molar-refractivity contribution in [3.63, 3.8) is 0 Å². The molecule has 0 radical (unpaired) electrons. The summed E-state index contributed by atoms with van der Waals surface area (Å²) in [5.74, 6) is -0.0487. The fourth-order valence-corrected chi connectivity index (χ4v) is 5.99. The summed E-state index contributed by atoms with van der Waals surface area (Å²) in [6.07, 6.45) is -3.82. The number of nitrogens with zero attached hydrogens (tertiary/aromatic N) is 1. The molecule has 9 heteroatoms. The van der Waals surface area contributed by atoms with Gasteiger partial charge >= 0.3 is 12.1 Å². The summed E-state index contributed by atoms with van der Waals surface area (Å²) in [7, 11) is 4.05. The van der Waals surface area contributed by atoms with Crippen LogP contribution in [0.4, 0.5) is 13.2 Å². The van der Waals surface area contributed by atoms with Crippen LogP contribution in [0.15, 0.2) is 42.5 Å². The van der Waals surface area contributed by atoms with Crippen molar-refractivity contribution in [2.75, 3.05) is 34.4 Å². The van der Waals surface area contributed by atoms with E-state index in [1.165, 1.54) is 24.3 Å². The molecule has 2 heterocycles. The van der Waals surface area contributed by atoms with E-state index >= 15 is 0 Å². The normalized spacial score (nSPS) is 23.2. The maximum atomic E-state index is 14.5. The monoisotopic (exact) mass is 535 g/mol. The third-order valence-electron chi connectivity index (χ3n) is 7.77. The zero-order chi connectivity index (χ0) is 27.7. The van der Waals surface area contributed by atoms with Gasteiger partial charge in [-0.2, -0.15) is 13.2 Å². The predicted octanol–water partition coefficient (Wildman–Crippen LogP) is 5.69. The fourth-order valence-electron chi connectivity index (χ4n) is 5.99. The minimum Gasteiger partial charge on any atom is -0.493 e. The lowest BCUT2D eigenvalue weighted by molar-refractivity contribution is -0.280. The van der Waals surface area contributed by atoms with Crippen molar-refractivity contribution in [3.8, 4) is 11.5 Å². The van der Waals surface area contributed by atoms with Crippen LogP contribution < -0.4 is 9.47 Å². The number of methoxy groups -OCH3 is 3. The number of carbonyl (C=O) groups is 1. The number of rotatable bonds is 8. The highest BCUT2D eigenvalue weighted by Crippen LogP contribution is 2.47. The first-order valence-electron chi connectivity index (χ1n) is 12.9. The number of benzene rings is 2. The SMILES string of the molecule is COc1cc2c(cc1OC)[C@@H]1C[C@@H](OC(=O)[C@](OC)(c3ccccc3)C(F)(F)F)[C@H](CC(C)C)CN1CC2. The molecule has 0 amide bonds. The smallest absolute Gasteiger partial charge is 0.432 e. The number of ether oxygens (including phenoxy) is 4. The molecule has 38 heavy (non-hydrogen) atoms. The number of hydrogen-bond donors (Lipinski definition) is 0. The Labute approximate surface area is 222 Å². The molecule has 0 spiro atoms. The second kappa shape index (κ2) is 11.1. The molecule has 2 aromatic carbocycles. The highest BCUT2D eigenvalue weighted by molar-refractivity contribution is 5.83. The van der Waals surface area contributed by atoms with Crippen molar-refractivity contribution in [2.45, 2.75) is 57.0 Å². The average molecular weight is 536 g/mol. The molecule has 2 aromatic rings. The van der Waals surface area contributed by atoms with Gasteiger partial charge < -0.3 is 18.9 Å². The van der Waals surface area contributed by atoms with E-state index in [0.717, 1.165) is 37.6 Å². The van der Waals surface area contributed by atoms with Crippen molar-refractivity contribution in [1.29, 1.82) is 0 Å². The molecule has 4 atom stereocenters. The highest BCUT2D eigenvalue weighted by atomic mass is 19.4. The van der Waals surface area contributed by atoms with Crippen LogP contribution in [0.5, 0.6) is 11.5 Å². The van der Waals surface area contributed by atoms with Gasteiger partial charge in [-0.1, -0.05) is 44.2 Å².